The summed E-state index contributed by atoms with van der Waals surface area (Å²) in [6, 6.07) is 11.3. The molecule has 0 aliphatic rings. The van der Waals surface area contributed by atoms with Crippen LogP contribution in [0.1, 0.15) is 11.1 Å². The average Bonchev–Trinajstić information content (AvgIpc) is 3.12. The minimum atomic E-state index is -0.338. The Morgan fingerprint density at radius 3 is 2.73 bits per heavy atom. The number of aryl methyl sites for hydroxylation is 1. The molecule has 2 aromatic carbocycles. The van der Waals surface area contributed by atoms with Crippen LogP contribution in [-0.2, 0) is 17.9 Å². The van der Waals surface area contributed by atoms with Gasteiger partial charge < -0.3 is 19.8 Å². The quantitative estimate of drug-likeness (QED) is 0.513. The van der Waals surface area contributed by atoms with Crippen LogP contribution in [0, 0.1) is 6.92 Å². The van der Waals surface area contributed by atoms with Crippen molar-refractivity contribution in [2.24, 2.45) is 0 Å². The molecule has 0 atom stereocenters. The molecule has 8 heteroatoms. The minimum absolute atomic E-state index is 0.185. The van der Waals surface area contributed by atoms with Crippen LogP contribution in [0.15, 0.2) is 47.4 Å². The summed E-state index contributed by atoms with van der Waals surface area (Å²) in [6.07, 6.45) is 1.62. The van der Waals surface area contributed by atoms with Crippen LogP contribution in [0.2, 0.25) is 0 Å². The third-order valence-electron chi connectivity index (χ3n) is 5.03. The van der Waals surface area contributed by atoms with Crippen LogP contribution in [0.5, 0.6) is 11.5 Å². The Morgan fingerprint density at radius 2 is 1.97 bits per heavy atom. The molecule has 1 amide bonds. The summed E-state index contributed by atoms with van der Waals surface area (Å²) < 4.78 is 11.7. The van der Waals surface area contributed by atoms with Crippen LogP contribution in [-0.4, -0.2) is 34.9 Å². The number of hydrogen-bond donors (Lipinski definition) is 2. The summed E-state index contributed by atoms with van der Waals surface area (Å²) >= 11 is 0. The number of hydrogen-bond acceptors (Lipinski definition) is 5. The lowest BCUT2D eigenvalue weighted by Gasteiger charge is -2.11. The highest BCUT2D eigenvalue weighted by Crippen LogP contribution is 2.24. The minimum Gasteiger partial charge on any atom is -0.497 e. The van der Waals surface area contributed by atoms with Gasteiger partial charge in [0, 0.05) is 28.4 Å². The highest BCUT2D eigenvalue weighted by molar-refractivity contribution is 6.06. The van der Waals surface area contributed by atoms with Gasteiger partial charge in [0.1, 0.15) is 23.6 Å². The summed E-state index contributed by atoms with van der Waals surface area (Å²) in [5.41, 5.74) is 2.83. The Morgan fingerprint density at radius 1 is 1.13 bits per heavy atom. The number of carbonyl (C=O) groups excluding carboxylic acids is 1. The Hall–Kier alpha value is -3.81. The van der Waals surface area contributed by atoms with Crippen LogP contribution in [0.25, 0.3) is 21.8 Å². The van der Waals surface area contributed by atoms with E-state index >= 15 is 0 Å². The zero-order chi connectivity index (χ0) is 21.3. The second-order valence-electron chi connectivity index (χ2n) is 7.02. The SMILES string of the molecule is COc1ccc(OC)c(CNC(=O)Cn2ncc3c([nH]c4ccc(C)cc43)c2=O)c1. The molecule has 0 saturated carbocycles. The van der Waals surface area contributed by atoms with Crippen molar-refractivity contribution in [2.75, 3.05) is 14.2 Å². The van der Waals surface area contributed by atoms with Crippen LogP contribution < -0.4 is 20.3 Å². The number of aromatic nitrogens is 3. The summed E-state index contributed by atoms with van der Waals surface area (Å²) in [5, 5.41) is 8.68. The summed E-state index contributed by atoms with van der Waals surface area (Å²) in [6.45, 7) is 2.05. The lowest BCUT2D eigenvalue weighted by Crippen LogP contribution is -2.33. The Balaban J connectivity index is 1.54. The number of ether oxygens (including phenoxy) is 2. The highest BCUT2D eigenvalue weighted by Gasteiger charge is 2.13. The van der Waals surface area contributed by atoms with E-state index in [1.165, 1.54) is 0 Å². The summed E-state index contributed by atoms with van der Waals surface area (Å²) in [5.74, 6) is 0.972. The monoisotopic (exact) mass is 406 g/mol. The Labute approximate surface area is 172 Å². The molecule has 2 aromatic heterocycles. The van der Waals surface area contributed by atoms with Crippen LogP contribution in [0.4, 0.5) is 0 Å². The number of nitrogens with one attached hydrogen (secondary N) is 2. The van der Waals surface area contributed by atoms with E-state index in [4.69, 9.17) is 9.47 Å². The van der Waals surface area contributed by atoms with Crippen molar-refractivity contribution >= 4 is 27.7 Å². The van der Waals surface area contributed by atoms with Gasteiger partial charge in [0.25, 0.3) is 5.56 Å². The third kappa shape index (κ3) is 3.59. The predicted octanol–water partition coefficient (Wildman–Crippen LogP) is 2.52. The molecule has 2 heterocycles. The summed E-state index contributed by atoms with van der Waals surface area (Å²) in [7, 11) is 3.14. The zero-order valence-electron chi connectivity index (χ0n) is 17.0. The van der Waals surface area contributed by atoms with Gasteiger partial charge in [-0.1, -0.05) is 11.6 Å². The van der Waals surface area contributed by atoms with Crippen molar-refractivity contribution in [2.45, 2.75) is 20.0 Å². The number of aromatic amines is 1. The van der Waals surface area contributed by atoms with E-state index in [-0.39, 0.29) is 24.6 Å². The van der Waals surface area contributed by atoms with Crippen molar-refractivity contribution in [3.05, 3.63) is 64.1 Å². The molecule has 0 saturated heterocycles. The lowest BCUT2D eigenvalue weighted by molar-refractivity contribution is -0.122. The number of benzene rings is 2. The maximum atomic E-state index is 12.8. The fourth-order valence-electron chi connectivity index (χ4n) is 3.46. The maximum absolute atomic E-state index is 12.8. The second-order valence-corrected chi connectivity index (χ2v) is 7.02. The number of rotatable bonds is 6. The molecule has 0 spiro atoms. The van der Waals surface area contributed by atoms with Crippen LogP contribution >= 0.6 is 0 Å². The van der Waals surface area contributed by atoms with E-state index in [2.05, 4.69) is 15.4 Å². The predicted molar refractivity (Wildman–Crippen MR) is 114 cm³/mol. The molecule has 4 aromatic rings. The van der Waals surface area contributed by atoms with Gasteiger partial charge in [-0.05, 0) is 37.3 Å². The number of amides is 1. The molecule has 0 radical (unpaired) electrons. The van der Waals surface area contributed by atoms with Gasteiger partial charge in [0.2, 0.25) is 5.91 Å². The van der Waals surface area contributed by atoms with E-state index in [1.54, 1.807) is 38.6 Å². The first-order valence-corrected chi connectivity index (χ1v) is 9.46. The van der Waals surface area contributed by atoms with Crippen molar-refractivity contribution in [3.63, 3.8) is 0 Å². The smallest absolute Gasteiger partial charge is 0.291 e. The lowest BCUT2D eigenvalue weighted by atomic mass is 10.1. The number of carbonyl (C=O) groups is 1. The number of fused-ring (bicyclic) bond motifs is 3. The number of H-pyrrole nitrogens is 1. The first-order chi connectivity index (χ1) is 14.5. The molecule has 0 aliphatic carbocycles. The molecule has 0 bridgehead atoms. The molecule has 0 aliphatic heterocycles. The molecular weight excluding hydrogens is 384 g/mol. The largest absolute Gasteiger partial charge is 0.497 e. The van der Waals surface area contributed by atoms with Crippen molar-refractivity contribution in [3.8, 4) is 11.5 Å². The fraction of sp³-hybridized carbons (Fsp3) is 0.227. The molecule has 154 valence electrons. The molecule has 2 N–H and O–H groups in total. The van der Waals surface area contributed by atoms with Crippen LogP contribution in [0.3, 0.4) is 0 Å². The zero-order valence-corrected chi connectivity index (χ0v) is 17.0. The molecule has 30 heavy (non-hydrogen) atoms. The topological polar surface area (TPSA) is 98.2 Å². The highest BCUT2D eigenvalue weighted by atomic mass is 16.5. The van der Waals surface area contributed by atoms with Crippen molar-refractivity contribution < 1.29 is 14.3 Å². The molecule has 8 nitrogen and oxygen atoms in total. The van der Waals surface area contributed by atoms with E-state index in [0.29, 0.717) is 17.0 Å². The first-order valence-electron chi connectivity index (χ1n) is 9.46. The van der Waals surface area contributed by atoms with Crippen molar-refractivity contribution in [1.29, 1.82) is 0 Å². The average molecular weight is 406 g/mol. The standard InChI is InChI=1S/C22H22N4O4/c1-13-4-6-18-16(8-13)17-11-24-26(22(28)21(17)25-18)12-20(27)23-10-14-9-15(29-2)5-7-19(14)30-3/h4-9,11,25H,10,12H2,1-3H3,(H,23,27). The molecule has 0 unspecified atom stereocenters. The Kier molecular flexibility index (Phi) is 5.14. The van der Waals surface area contributed by atoms with Gasteiger partial charge >= 0.3 is 0 Å². The normalized spacial score (nSPS) is 11.0. The number of methoxy groups -OCH3 is 2. The molecule has 0 fully saturated rings. The van der Waals surface area contributed by atoms with E-state index in [0.717, 1.165) is 32.1 Å². The third-order valence-corrected chi connectivity index (χ3v) is 5.03. The number of nitrogens with zero attached hydrogens (tertiary/aromatic N) is 2. The van der Waals surface area contributed by atoms with E-state index in [9.17, 15) is 9.59 Å². The van der Waals surface area contributed by atoms with Gasteiger partial charge in [0.05, 0.1) is 20.4 Å². The van der Waals surface area contributed by atoms with Gasteiger partial charge in [-0.3, -0.25) is 9.59 Å². The molecular formula is C22H22N4O4. The van der Waals surface area contributed by atoms with Gasteiger partial charge in [-0.15, -0.1) is 0 Å². The summed E-state index contributed by atoms with van der Waals surface area (Å²) in [4.78, 5) is 28.4. The maximum Gasteiger partial charge on any atom is 0.291 e. The first kappa shape index (κ1) is 19.5. The van der Waals surface area contributed by atoms with Gasteiger partial charge in [0.15, 0.2) is 0 Å². The molecule has 4 rings (SSSR count). The second kappa shape index (κ2) is 7.90. The Bertz CT molecular complexity index is 1310. The van der Waals surface area contributed by atoms with E-state index < -0.39 is 0 Å². The fourth-order valence-corrected chi connectivity index (χ4v) is 3.46. The van der Waals surface area contributed by atoms with Gasteiger partial charge in [-0.25, -0.2) is 4.68 Å². The van der Waals surface area contributed by atoms with Gasteiger partial charge in [-0.2, -0.15) is 5.10 Å². The van der Waals surface area contributed by atoms with Crippen molar-refractivity contribution in [1.82, 2.24) is 20.1 Å². The van der Waals surface area contributed by atoms with E-state index in [1.807, 2.05) is 25.1 Å².